The van der Waals surface area contributed by atoms with Gasteiger partial charge in [0.2, 0.25) is 0 Å². The van der Waals surface area contributed by atoms with Crippen LogP contribution in [0.5, 0.6) is 0 Å². The Balaban J connectivity index is 3.29. The summed E-state index contributed by atoms with van der Waals surface area (Å²) >= 11 is 0. The van der Waals surface area contributed by atoms with Gasteiger partial charge in [-0.2, -0.15) is 22.0 Å². The van der Waals surface area contributed by atoms with Gasteiger partial charge in [0.05, 0.1) is 5.69 Å². The number of hydrogen-bond acceptors (Lipinski definition) is 2. The summed E-state index contributed by atoms with van der Waals surface area (Å²) < 4.78 is 66.1. The van der Waals surface area contributed by atoms with Crippen molar-refractivity contribution in [3.63, 3.8) is 0 Å². The summed E-state index contributed by atoms with van der Waals surface area (Å²) in [7, 11) is 0. The quantitative estimate of drug-likeness (QED) is 0.758. The van der Waals surface area contributed by atoms with E-state index in [1.54, 1.807) is 20.8 Å². The smallest absolute Gasteiger partial charge is 0.249 e. The molecule has 0 spiro atoms. The maximum Gasteiger partial charge on any atom is 0.459 e. The lowest BCUT2D eigenvalue weighted by molar-refractivity contribution is -0.291. The van der Waals surface area contributed by atoms with Gasteiger partial charge in [0.25, 0.3) is 0 Å². The van der Waals surface area contributed by atoms with E-state index in [0.717, 1.165) is 6.42 Å². The van der Waals surface area contributed by atoms with Crippen LogP contribution in [0.25, 0.3) is 0 Å². The molecule has 1 rings (SSSR count). The molecule has 0 saturated carbocycles. The van der Waals surface area contributed by atoms with Crippen molar-refractivity contribution < 1.29 is 22.0 Å². The highest BCUT2D eigenvalue weighted by molar-refractivity contribution is 5.19. The van der Waals surface area contributed by atoms with Crippen LogP contribution in [0.3, 0.4) is 0 Å². The van der Waals surface area contributed by atoms with Crippen molar-refractivity contribution in [1.82, 2.24) is 15.0 Å². The molecule has 0 unspecified atom stereocenters. The summed E-state index contributed by atoms with van der Waals surface area (Å²) in [5.74, 6) is -4.99. The van der Waals surface area contributed by atoms with Crippen LogP contribution in [0.4, 0.5) is 22.0 Å². The number of unbranched alkanes of at least 4 members (excludes halogenated alkanes) is 1. The Labute approximate surface area is 120 Å². The average Bonchev–Trinajstić information content (AvgIpc) is 2.66. The number of alkyl halides is 5. The topological polar surface area (TPSA) is 30.7 Å². The predicted molar refractivity (Wildman–Crippen MR) is 68.0 cm³/mol. The molecule has 1 aromatic heterocycles. The maximum absolute atomic E-state index is 13.6. The molecule has 0 aliphatic carbocycles. The Morgan fingerprint density at radius 1 is 1.05 bits per heavy atom. The third-order valence-electron chi connectivity index (χ3n) is 2.91. The Morgan fingerprint density at radius 3 is 2.05 bits per heavy atom. The summed E-state index contributed by atoms with van der Waals surface area (Å²) in [6.45, 7) is 7.47. The molecule has 1 heterocycles. The molecular formula is C13H20F5N3. The van der Waals surface area contributed by atoms with Crippen LogP contribution in [0, 0.1) is 5.41 Å². The lowest BCUT2D eigenvalue weighted by atomic mass is 9.89. The van der Waals surface area contributed by atoms with E-state index in [2.05, 4.69) is 10.3 Å². The fourth-order valence-corrected chi connectivity index (χ4v) is 1.88. The van der Waals surface area contributed by atoms with E-state index in [1.807, 2.05) is 6.92 Å². The second-order valence-electron chi connectivity index (χ2n) is 6.27. The van der Waals surface area contributed by atoms with Crippen molar-refractivity contribution in [2.45, 2.75) is 65.6 Å². The van der Waals surface area contributed by atoms with Crippen molar-refractivity contribution in [2.75, 3.05) is 0 Å². The minimum atomic E-state index is -5.68. The first-order valence-electron chi connectivity index (χ1n) is 6.77. The maximum atomic E-state index is 13.6. The van der Waals surface area contributed by atoms with Crippen LogP contribution < -0.4 is 0 Å². The first-order valence-corrected chi connectivity index (χ1v) is 6.77. The Hall–Kier alpha value is -1.21. The van der Waals surface area contributed by atoms with E-state index in [1.165, 1.54) is 4.68 Å². The van der Waals surface area contributed by atoms with Crippen molar-refractivity contribution in [1.29, 1.82) is 0 Å². The van der Waals surface area contributed by atoms with Crippen LogP contribution >= 0.6 is 0 Å². The van der Waals surface area contributed by atoms with E-state index in [-0.39, 0.29) is 18.7 Å². The highest BCUT2D eigenvalue weighted by atomic mass is 19.4. The van der Waals surface area contributed by atoms with Gasteiger partial charge in [0, 0.05) is 6.54 Å². The van der Waals surface area contributed by atoms with E-state index >= 15 is 0 Å². The van der Waals surface area contributed by atoms with Crippen LogP contribution in [-0.4, -0.2) is 21.2 Å². The number of rotatable bonds is 5. The van der Waals surface area contributed by atoms with Gasteiger partial charge in [-0.3, -0.25) is 0 Å². The molecule has 122 valence electrons. The van der Waals surface area contributed by atoms with Gasteiger partial charge in [0.1, 0.15) is 0 Å². The first-order chi connectivity index (χ1) is 9.40. The van der Waals surface area contributed by atoms with E-state index < -0.39 is 23.2 Å². The zero-order valence-corrected chi connectivity index (χ0v) is 12.6. The fraction of sp³-hybridized carbons (Fsp3) is 0.846. The summed E-state index contributed by atoms with van der Waals surface area (Å²) in [6, 6.07) is 0. The van der Waals surface area contributed by atoms with Gasteiger partial charge in [-0.05, 0) is 18.3 Å². The van der Waals surface area contributed by atoms with Crippen LogP contribution in [-0.2, 0) is 18.9 Å². The second kappa shape index (κ2) is 5.88. The highest BCUT2D eigenvalue weighted by Gasteiger charge is 2.62. The molecule has 0 bridgehead atoms. The molecule has 0 radical (unpaired) electrons. The van der Waals surface area contributed by atoms with Gasteiger partial charge < -0.3 is 0 Å². The van der Waals surface area contributed by atoms with Crippen molar-refractivity contribution in [3.05, 3.63) is 11.4 Å². The van der Waals surface area contributed by atoms with Gasteiger partial charge in [-0.1, -0.05) is 39.3 Å². The average molecular weight is 313 g/mol. The van der Waals surface area contributed by atoms with Gasteiger partial charge in [0.15, 0.2) is 5.69 Å². The molecule has 1 aromatic rings. The molecule has 8 heteroatoms. The van der Waals surface area contributed by atoms with Crippen LogP contribution in [0.15, 0.2) is 0 Å². The third-order valence-corrected chi connectivity index (χ3v) is 2.91. The molecule has 0 N–H and O–H groups in total. The molecule has 0 aliphatic rings. The third kappa shape index (κ3) is 4.14. The van der Waals surface area contributed by atoms with E-state index in [0.29, 0.717) is 6.42 Å². The molecule has 21 heavy (non-hydrogen) atoms. The second-order valence-corrected chi connectivity index (χ2v) is 6.27. The molecule has 3 nitrogen and oxygen atoms in total. The molecule has 0 aliphatic heterocycles. The standard InChI is InChI=1S/C13H20F5N3/c1-5-6-7-21-9(8-11(2,3)4)10(19-20-21)12(14,15)13(16,17)18/h5-8H2,1-4H3. The molecular weight excluding hydrogens is 293 g/mol. The first kappa shape index (κ1) is 17.8. The van der Waals surface area contributed by atoms with Crippen LogP contribution in [0.1, 0.15) is 51.9 Å². The van der Waals surface area contributed by atoms with Crippen molar-refractivity contribution in [2.24, 2.45) is 5.41 Å². The SMILES string of the molecule is CCCCn1nnc(C(F)(F)C(F)(F)F)c1CC(C)(C)C. The Morgan fingerprint density at radius 2 is 1.62 bits per heavy atom. The van der Waals surface area contributed by atoms with Gasteiger partial charge in [-0.15, -0.1) is 5.10 Å². The summed E-state index contributed by atoms with van der Waals surface area (Å²) in [5, 5.41) is 6.64. The number of aromatic nitrogens is 3. The van der Waals surface area contributed by atoms with Gasteiger partial charge in [-0.25, -0.2) is 4.68 Å². The van der Waals surface area contributed by atoms with Crippen molar-refractivity contribution in [3.8, 4) is 0 Å². The summed E-state index contributed by atoms with van der Waals surface area (Å²) in [5.41, 5.74) is -1.87. The zero-order chi connectivity index (χ0) is 16.5. The molecule has 0 fully saturated rings. The molecule has 0 atom stereocenters. The minimum absolute atomic E-state index is 0.0463. The monoisotopic (exact) mass is 313 g/mol. The molecule has 0 aromatic carbocycles. The molecule has 0 saturated heterocycles. The Kier molecular flexibility index (Phi) is 5.00. The lowest BCUT2D eigenvalue weighted by Gasteiger charge is -2.23. The lowest BCUT2D eigenvalue weighted by Crippen LogP contribution is -2.35. The number of aryl methyl sites for hydroxylation is 1. The fourth-order valence-electron chi connectivity index (χ4n) is 1.88. The summed E-state index contributed by atoms with van der Waals surface area (Å²) in [6.07, 6.45) is -4.21. The summed E-state index contributed by atoms with van der Waals surface area (Å²) in [4.78, 5) is 0. The normalized spacial score (nSPS) is 13.8. The van der Waals surface area contributed by atoms with E-state index in [9.17, 15) is 22.0 Å². The number of halogens is 5. The minimum Gasteiger partial charge on any atom is -0.249 e. The predicted octanol–water partition coefficient (Wildman–Crippen LogP) is 4.32. The zero-order valence-electron chi connectivity index (χ0n) is 12.6. The van der Waals surface area contributed by atoms with Crippen LogP contribution in [0.2, 0.25) is 0 Å². The molecule has 0 amide bonds. The largest absolute Gasteiger partial charge is 0.459 e. The van der Waals surface area contributed by atoms with Crippen molar-refractivity contribution >= 4 is 0 Å². The number of hydrogen-bond donors (Lipinski definition) is 0. The Bertz CT molecular complexity index is 471. The highest BCUT2D eigenvalue weighted by Crippen LogP contribution is 2.44. The number of nitrogens with zero attached hydrogens (tertiary/aromatic N) is 3. The van der Waals surface area contributed by atoms with E-state index in [4.69, 9.17) is 0 Å². The van der Waals surface area contributed by atoms with Gasteiger partial charge >= 0.3 is 12.1 Å².